The standard InChI is InChI=1S/C11H12BrN3O3/c12-8-3-6(15(16)17)5-13-11(8)14-9-4-7-1-2-10(9)18-7/h3,5,7,9-10H,1-2,4H2,(H,13,14). The van der Waals surface area contributed by atoms with E-state index >= 15 is 0 Å². The van der Waals surface area contributed by atoms with Gasteiger partial charge in [-0.15, -0.1) is 0 Å². The molecule has 2 aliphatic heterocycles. The van der Waals surface area contributed by atoms with E-state index in [9.17, 15) is 10.1 Å². The van der Waals surface area contributed by atoms with Crippen LogP contribution in [-0.2, 0) is 4.74 Å². The highest BCUT2D eigenvalue weighted by atomic mass is 79.9. The minimum absolute atomic E-state index is 0.0170. The Morgan fingerprint density at radius 2 is 2.39 bits per heavy atom. The summed E-state index contributed by atoms with van der Waals surface area (Å²) in [7, 11) is 0. The molecule has 1 aromatic heterocycles. The van der Waals surface area contributed by atoms with E-state index in [4.69, 9.17) is 4.74 Å². The van der Waals surface area contributed by atoms with Crippen LogP contribution in [0.5, 0.6) is 0 Å². The molecule has 0 amide bonds. The van der Waals surface area contributed by atoms with Crippen molar-refractivity contribution in [3.63, 3.8) is 0 Å². The Morgan fingerprint density at radius 1 is 1.56 bits per heavy atom. The topological polar surface area (TPSA) is 77.3 Å². The van der Waals surface area contributed by atoms with Crippen LogP contribution in [0, 0.1) is 10.1 Å². The lowest BCUT2D eigenvalue weighted by Crippen LogP contribution is -2.30. The minimum Gasteiger partial charge on any atom is -0.373 e. The number of hydrogen-bond acceptors (Lipinski definition) is 5. The number of hydrogen-bond donors (Lipinski definition) is 1. The number of pyridine rings is 1. The Bertz CT molecular complexity index is 496. The molecule has 0 aromatic carbocycles. The number of halogens is 1. The van der Waals surface area contributed by atoms with E-state index in [0.717, 1.165) is 19.3 Å². The molecule has 1 aromatic rings. The fraction of sp³-hybridized carbons (Fsp3) is 0.545. The zero-order chi connectivity index (χ0) is 12.7. The highest BCUT2D eigenvalue weighted by molar-refractivity contribution is 9.10. The van der Waals surface area contributed by atoms with Crippen LogP contribution in [-0.4, -0.2) is 28.2 Å². The van der Waals surface area contributed by atoms with Gasteiger partial charge in [0.25, 0.3) is 5.69 Å². The summed E-state index contributed by atoms with van der Waals surface area (Å²) in [6.07, 6.45) is 5.07. The normalized spacial score (nSPS) is 29.5. The Balaban J connectivity index is 1.75. The first-order valence-electron chi connectivity index (χ1n) is 5.85. The molecule has 3 atom stereocenters. The summed E-state index contributed by atoms with van der Waals surface area (Å²) >= 11 is 3.31. The second-order valence-corrected chi connectivity index (χ2v) is 5.50. The number of aromatic nitrogens is 1. The summed E-state index contributed by atoms with van der Waals surface area (Å²) in [5.41, 5.74) is -0.0170. The van der Waals surface area contributed by atoms with Crippen LogP contribution in [0.1, 0.15) is 19.3 Å². The first-order chi connectivity index (χ1) is 8.63. The van der Waals surface area contributed by atoms with Crippen molar-refractivity contribution in [1.29, 1.82) is 0 Å². The van der Waals surface area contributed by atoms with Crippen molar-refractivity contribution in [1.82, 2.24) is 4.98 Å². The summed E-state index contributed by atoms with van der Waals surface area (Å²) in [4.78, 5) is 14.3. The molecule has 1 N–H and O–H groups in total. The number of fused-ring (bicyclic) bond motifs is 2. The van der Waals surface area contributed by atoms with Crippen molar-refractivity contribution in [2.45, 2.75) is 37.5 Å². The molecule has 3 rings (SSSR count). The van der Waals surface area contributed by atoms with Gasteiger partial charge in [0.1, 0.15) is 12.0 Å². The molecule has 3 heterocycles. The second-order valence-electron chi connectivity index (χ2n) is 4.64. The van der Waals surface area contributed by atoms with Gasteiger partial charge in [-0.1, -0.05) is 0 Å². The van der Waals surface area contributed by atoms with Gasteiger partial charge in [0.15, 0.2) is 0 Å². The maximum atomic E-state index is 10.6. The quantitative estimate of drug-likeness (QED) is 0.685. The summed E-state index contributed by atoms with van der Waals surface area (Å²) in [5, 5.41) is 13.9. The SMILES string of the molecule is O=[N+]([O-])c1cnc(NC2CC3CCC2O3)c(Br)c1. The van der Waals surface area contributed by atoms with Gasteiger partial charge in [-0.3, -0.25) is 10.1 Å². The predicted octanol–water partition coefficient (Wildman–Crippen LogP) is 2.48. The fourth-order valence-corrected chi connectivity index (χ4v) is 3.05. The molecule has 2 bridgehead atoms. The van der Waals surface area contributed by atoms with Crippen LogP contribution in [0.3, 0.4) is 0 Å². The number of nitrogens with zero attached hydrogens (tertiary/aromatic N) is 2. The monoisotopic (exact) mass is 313 g/mol. The average Bonchev–Trinajstić information content (AvgIpc) is 2.93. The van der Waals surface area contributed by atoms with Crippen LogP contribution < -0.4 is 5.32 Å². The Labute approximate surface area is 112 Å². The highest BCUT2D eigenvalue weighted by Crippen LogP contribution is 2.36. The molecular weight excluding hydrogens is 302 g/mol. The lowest BCUT2D eigenvalue weighted by molar-refractivity contribution is -0.385. The second kappa shape index (κ2) is 4.47. The van der Waals surface area contributed by atoms with E-state index in [-0.39, 0.29) is 17.8 Å². The number of anilines is 1. The van der Waals surface area contributed by atoms with Gasteiger partial charge in [-0.05, 0) is 35.2 Å². The van der Waals surface area contributed by atoms with Crippen molar-refractivity contribution in [2.24, 2.45) is 0 Å². The van der Waals surface area contributed by atoms with E-state index in [2.05, 4.69) is 26.2 Å². The first-order valence-corrected chi connectivity index (χ1v) is 6.64. The van der Waals surface area contributed by atoms with Gasteiger partial charge < -0.3 is 10.1 Å². The maximum Gasteiger partial charge on any atom is 0.288 e. The van der Waals surface area contributed by atoms with Crippen molar-refractivity contribution >= 4 is 27.4 Å². The molecule has 3 unspecified atom stereocenters. The summed E-state index contributed by atoms with van der Waals surface area (Å²) in [6, 6.07) is 1.72. The summed E-state index contributed by atoms with van der Waals surface area (Å²) in [5.74, 6) is 0.641. The third kappa shape index (κ3) is 2.08. The van der Waals surface area contributed by atoms with E-state index in [1.54, 1.807) is 0 Å². The van der Waals surface area contributed by atoms with Crippen molar-refractivity contribution in [3.8, 4) is 0 Å². The first kappa shape index (κ1) is 11.9. The molecule has 0 radical (unpaired) electrons. The van der Waals surface area contributed by atoms with Crippen molar-refractivity contribution in [2.75, 3.05) is 5.32 Å². The summed E-state index contributed by atoms with van der Waals surface area (Å²) < 4.78 is 6.36. The zero-order valence-electron chi connectivity index (χ0n) is 9.51. The third-order valence-corrected chi connectivity index (χ3v) is 4.07. The number of nitrogens with one attached hydrogen (secondary N) is 1. The molecular formula is C11H12BrN3O3. The van der Waals surface area contributed by atoms with Gasteiger partial charge in [-0.2, -0.15) is 0 Å². The molecule has 2 aliphatic rings. The molecule has 96 valence electrons. The Morgan fingerprint density at radius 3 is 2.94 bits per heavy atom. The largest absolute Gasteiger partial charge is 0.373 e. The highest BCUT2D eigenvalue weighted by Gasteiger charge is 2.41. The lowest BCUT2D eigenvalue weighted by Gasteiger charge is -2.21. The number of rotatable bonds is 3. The Kier molecular flexibility index (Phi) is 2.95. The van der Waals surface area contributed by atoms with Crippen LogP contribution in [0.25, 0.3) is 0 Å². The molecule has 18 heavy (non-hydrogen) atoms. The lowest BCUT2D eigenvalue weighted by atomic mass is 9.95. The molecule has 2 saturated heterocycles. The number of nitro groups is 1. The zero-order valence-corrected chi connectivity index (χ0v) is 11.1. The van der Waals surface area contributed by atoms with Crippen molar-refractivity contribution in [3.05, 3.63) is 26.9 Å². The molecule has 6 nitrogen and oxygen atoms in total. The van der Waals surface area contributed by atoms with Gasteiger partial charge >= 0.3 is 0 Å². The van der Waals surface area contributed by atoms with Gasteiger partial charge in [0.2, 0.25) is 0 Å². The van der Waals surface area contributed by atoms with Crippen molar-refractivity contribution < 1.29 is 9.66 Å². The molecule has 7 heteroatoms. The van der Waals surface area contributed by atoms with E-state index in [1.807, 2.05) is 0 Å². The van der Waals surface area contributed by atoms with Gasteiger partial charge in [-0.25, -0.2) is 4.98 Å². The maximum absolute atomic E-state index is 10.6. The number of ether oxygens (including phenoxy) is 1. The average molecular weight is 314 g/mol. The minimum atomic E-state index is -0.456. The predicted molar refractivity (Wildman–Crippen MR) is 68.5 cm³/mol. The van der Waals surface area contributed by atoms with E-state index in [1.165, 1.54) is 12.3 Å². The molecule has 0 aliphatic carbocycles. The molecule has 0 saturated carbocycles. The van der Waals surface area contributed by atoms with E-state index < -0.39 is 4.92 Å². The van der Waals surface area contributed by atoms with Crippen LogP contribution >= 0.6 is 15.9 Å². The van der Waals surface area contributed by atoms with E-state index in [0.29, 0.717) is 16.4 Å². The Hall–Kier alpha value is -1.21. The fourth-order valence-electron chi connectivity index (χ4n) is 2.60. The molecule has 0 spiro atoms. The van der Waals surface area contributed by atoms with Gasteiger partial charge in [0, 0.05) is 6.07 Å². The smallest absolute Gasteiger partial charge is 0.288 e. The van der Waals surface area contributed by atoms with Gasteiger partial charge in [0.05, 0.1) is 27.6 Å². The van der Waals surface area contributed by atoms with Crippen LogP contribution in [0.4, 0.5) is 11.5 Å². The molecule has 2 fully saturated rings. The van der Waals surface area contributed by atoms with Crippen LogP contribution in [0.15, 0.2) is 16.7 Å². The third-order valence-electron chi connectivity index (χ3n) is 3.47. The summed E-state index contributed by atoms with van der Waals surface area (Å²) in [6.45, 7) is 0. The van der Waals surface area contributed by atoms with Crippen LogP contribution in [0.2, 0.25) is 0 Å².